The van der Waals surface area contributed by atoms with Gasteiger partial charge in [-0.05, 0) is 39.1 Å². The van der Waals surface area contributed by atoms with Crippen LogP contribution in [0.25, 0.3) is 0 Å². The zero-order chi connectivity index (χ0) is 15.7. The molecule has 1 fully saturated rings. The largest absolute Gasteiger partial charge is 0.487 e. The molecule has 1 aromatic rings. The minimum atomic E-state index is -0.0739. The second-order valence-corrected chi connectivity index (χ2v) is 6.40. The highest BCUT2D eigenvalue weighted by Gasteiger charge is 2.26. The Morgan fingerprint density at radius 2 is 2.05 bits per heavy atom. The number of Topliss-reactive ketones (excluding diaryl/α,β-unsaturated/α-hetero) is 1. The summed E-state index contributed by atoms with van der Waals surface area (Å²) in [6, 6.07) is 5.64. The van der Waals surface area contributed by atoms with E-state index in [1.165, 1.54) is 0 Å². The second-order valence-electron chi connectivity index (χ2n) is 6.40. The first-order chi connectivity index (χ1) is 10.5. The van der Waals surface area contributed by atoms with E-state index in [1.807, 2.05) is 32.0 Å². The Labute approximate surface area is 132 Å². The van der Waals surface area contributed by atoms with Gasteiger partial charge in [0.15, 0.2) is 5.78 Å². The van der Waals surface area contributed by atoms with Crippen LogP contribution in [0.4, 0.5) is 5.69 Å². The lowest BCUT2D eigenvalue weighted by Crippen LogP contribution is -2.50. The van der Waals surface area contributed by atoms with Gasteiger partial charge in [-0.2, -0.15) is 0 Å². The average Bonchev–Trinajstić information content (AvgIpc) is 2.53. The normalized spacial score (nSPS) is 24.0. The summed E-state index contributed by atoms with van der Waals surface area (Å²) in [5.41, 5.74) is 1.69. The lowest BCUT2D eigenvalue weighted by molar-refractivity contribution is 0.0738. The van der Waals surface area contributed by atoms with Gasteiger partial charge in [0, 0.05) is 31.7 Å². The lowest BCUT2D eigenvalue weighted by Gasteiger charge is -2.35. The highest BCUT2D eigenvalue weighted by Crippen LogP contribution is 2.30. The van der Waals surface area contributed by atoms with Crippen LogP contribution in [0, 0.1) is 0 Å². The van der Waals surface area contributed by atoms with Crippen molar-refractivity contribution in [3.8, 4) is 5.75 Å². The van der Waals surface area contributed by atoms with E-state index in [9.17, 15) is 4.79 Å². The molecule has 0 aliphatic carbocycles. The van der Waals surface area contributed by atoms with Crippen LogP contribution in [0.2, 0.25) is 0 Å². The molecule has 0 radical (unpaired) electrons. The molecule has 5 heteroatoms. The number of rotatable bonds is 3. The molecule has 1 saturated heterocycles. The van der Waals surface area contributed by atoms with Crippen LogP contribution in [0.1, 0.15) is 24.2 Å². The molecule has 2 aliphatic heterocycles. The molecule has 5 nitrogen and oxygen atoms in total. The molecule has 3 rings (SSSR count). The van der Waals surface area contributed by atoms with Gasteiger partial charge >= 0.3 is 0 Å². The third-order valence-electron chi connectivity index (χ3n) is 4.64. The van der Waals surface area contributed by atoms with Gasteiger partial charge in [0.05, 0.1) is 18.3 Å². The van der Waals surface area contributed by atoms with Gasteiger partial charge in [-0.3, -0.25) is 9.69 Å². The second kappa shape index (κ2) is 6.26. The van der Waals surface area contributed by atoms with Crippen molar-refractivity contribution in [2.75, 3.05) is 45.1 Å². The van der Waals surface area contributed by atoms with Crippen molar-refractivity contribution < 1.29 is 9.53 Å². The monoisotopic (exact) mass is 303 g/mol. The summed E-state index contributed by atoms with van der Waals surface area (Å²) in [5.74, 6) is 1.02. The van der Waals surface area contributed by atoms with Gasteiger partial charge < -0.3 is 15.0 Å². The fraction of sp³-hybridized carbons (Fsp3) is 0.588. The first-order valence-corrected chi connectivity index (χ1v) is 8.06. The van der Waals surface area contributed by atoms with E-state index >= 15 is 0 Å². The van der Waals surface area contributed by atoms with Crippen molar-refractivity contribution >= 4 is 11.5 Å². The Hall–Kier alpha value is -1.59. The number of ketones is 1. The Kier molecular flexibility index (Phi) is 4.36. The molecule has 2 atom stereocenters. The predicted molar refractivity (Wildman–Crippen MR) is 87.9 cm³/mol. The molecule has 120 valence electrons. The Morgan fingerprint density at radius 3 is 2.77 bits per heavy atom. The predicted octanol–water partition coefficient (Wildman–Crippen LogP) is 1.70. The maximum atomic E-state index is 12.8. The van der Waals surface area contributed by atoms with E-state index in [0.29, 0.717) is 0 Å². The minimum Gasteiger partial charge on any atom is -0.487 e. The summed E-state index contributed by atoms with van der Waals surface area (Å²) in [7, 11) is 2.12. The Balaban J connectivity index is 1.72. The summed E-state index contributed by atoms with van der Waals surface area (Å²) in [4.78, 5) is 17.3. The first-order valence-electron chi connectivity index (χ1n) is 8.06. The molecule has 2 heterocycles. The summed E-state index contributed by atoms with van der Waals surface area (Å²) in [6.07, 6.45) is 0.165. The number of ether oxygens (including phenoxy) is 1. The van der Waals surface area contributed by atoms with Crippen molar-refractivity contribution in [3.63, 3.8) is 0 Å². The number of hydrogen-bond acceptors (Lipinski definition) is 5. The summed E-state index contributed by atoms with van der Waals surface area (Å²) < 4.78 is 5.77. The van der Waals surface area contributed by atoms with Crippen molar-refractivity contribution in [2.24, 2.45) is 0 Å². The van der Waals surface area contributed by atoms with Crippen LogP contribution in [0.5, 0.6) is 5.75 Å². The molecule has 0 amide bonds. The molecule has 0 saturated carbocycles. The van der Waals surface area contributed by atoms with E-state index in [0.717, 1.165) is 49.7 Å². The van der Waals surface area contributed by atoms with Gasteiger partial charge in [0.2, 0.25) is 0 Å². The molecule has 1 N–H and O–H groups in total. The number of fused-ring (bicyclic) bond motifs is 1. The number of carbonyl (C=O) groups excluding carboxylic acids is 1. The summed E-state index contributed by atoms with van der Waals surface area (Å²) in [5, 5.41) is 3.33. The smallest absolute Gasteiger partial charge is 0.179 e. The van der Waals surface area contributed by atoms with Crippen molar-refractivity contribution in [3.05, 3.63) is 23.8 Å². The van der Waals surface area contributed by atoms with Gasteiger partial charge in [-0.15, -0.1) is 0 Å². The van der Waals surface area contributed by atoms with Crippen LogP contribution in [-0.4, -0.2) is 67.5 Å². The zero-order valence-corrected chi connectivity index (χ0v) is 13.6. The number of nitrogens with one attached hydrogen (secondary N) is 1. The lowest BCUT2D eigenvalue weighted by atomic mass is 10.0. The number of anilines is 1. The minimum absolute atomic E-state index is 0.0739. The molecular weight excluding hydrogens is 278 g/mol. The maximum Gasteiger partial charge on any atom is 0.179 e. The van der Waals surface area contributed by atoms with Crippen LogP contribution in [0.15, 0.2) is 18.2 Å². The van der Waals surface area contributed by atoms with Gasteiger partial charge in [0.25, 0.3) is 0 Å². The maximum absolute atomic E-state index is 12.8. The highest BCUT2D eigenvalue weighted by molar-refractivity contribution is 6.01. The van der Waals surface area contributed by atoms with Crippen LogP contribution in [0.3, 0.4) is 0 Å². The topological polar surface area (TPSA) is 44.8 Å². The molecule has 0 spiro atoms. The third-order valence-corrected chi connectivity index (χ3v) is 4.64. The van der Waals surface area contributed by atoms with Gasteiger partial charge in [-0.25, -0.2) is 0 Å². The molecule has 2 aliphatic rings. The summed E-state index contributed by atoms with van der Waals surface area (Å²) in [6.45, 7) is 8.77. The number of likely N-dealkylation sites (N-methyl/N-ethyl adjacent to an activating group) is 1. The van der Waals surface area contributed by atoms with E-state index in [-0.39, 0.29) is 17.9 Å². The number of nitrogens with zero attached hydrogens (tertiary/aromatic N) is 2. The van der Waals surface area contributed by atoms with E-state index in [1.54, 1.807) is 0 Å². The van der Waals surface area contributed by atoms with Crippen molar-refractivity contribution in [1.29, 1.82) is 0 Å². The number of carbonyl (C=O) groups is 1. The van der Waals surface area contributed by atoms with E-state index in [2.05, 4.69) is 22.2 Å². The van der Waals surface area contributed by atoms with E-state index < -0.39 is 0 Å². The zero-order valence-electron chi connectivity index (χ0n) is 13.6. The fourth-order valence-electron chi connectivity index (χ4n) is 3.05. The first kappa shape index (κ1) is 15.3. The van der Waals surface area contributed by atoms with Gasteiger partial charge in [0.1, 0.15) is 11.9 Å². The van der Waals surface area contributed by atoms with Crippen molar-refractivity contribution in [2.45, 2.75) is 26.0 Å². The summed E-state index contributed by atoms with van der Waals surface area (Å²) >= 11 is 0. The standard InChI is InChI=1S/C17H25N3O2/c1-12-11-18-15-10-14(4-5-16(15)22-12)17(21)13(2)20-8-6-19(3)7-9-20/h4-5,10,12-13,18H,6-9,11H2,1-3H3. The molecule has 2 unspecified atom stereocenters. The SMILES string of the molecule is CC1CNc2cc(C(=O)C(C)N3CCN(C)CC3)ccc2O1. The number of piperazine rings is 1. The molecule has 0 bridgehead atoms. The average molecular weight is 303 g/mol. The van der Waals surface area contributed by atoms with Gasteiger partial charge in [-0.1, -0.05) is 0 Å². The number of benzene rings is 1. The molecule has 22 heavy (non-hydrogen) atoms. The quantitative estimate of drug-likeness (QED) is 0.861. The Bertz CT molecular complexity index is 553. The van der Waals surface area contributed by atoms with Crippen LogP contribution >= 0.6 is 0 Å². The highest BCUT2D eigenvalue weighted by atomic mass is 16.5. The molecule has 0 aromatic heterocycles. The number of hydrogen-bond donors (Lipinski definition) is 1. The van der Waals surface area contributed by atoms with Crippen molar-refractivity contribution in [1.82, 2.24) is 9.80 Å². The fourth-order valence-corrected chi connectivity index (χ4v) is 3.05. The third kappa shape index (κ3) is 3.10. The van der Waals surface area contributed by atoms with Crippen LogP contribution < -0.4 is 10.1 Å². The van der Waals surface area contributed by atoms with E-state index in [4.69, 9.17) is 4.74 Å². The molecule has 1 aromatic carbocycles. The van der Waals surface area contributed by atoms with Crippen LogP contribution in [-0.2, 0) is 0 Å². The molecular formula is C17H25N3O2. The Morgan fingerprint density at radius 1 is 1.32 bits per heavy atom.